The molecule has 0 aliphatic carbocycles. The van der Waals surface area contributed by atoms with Crippen molar-refractivity contribution in [3.05, 3.63) is 65.5 Å². The lowest BCUT2D eigenvalue weighted by atomic mass is 10.1. The first-order valence-corrected chi connectivity index (χ1v) is 5.86. The monoisotopic (exact) mass is 237 g/mol. The van der Waals surface area contributed by atoms with Gasteiger partial charge in [0.25, 0.3) is 0 Å². The Balaban J connectivity index is 2.01. The molecule has 1 aliphatic heterocycles. The van der Waals surface area contributed by atoms with Gasteiger partial charge in [-0.05, 0) is 35.4 Å². The lowest BCUT2D eigenvalue weighted by Crippen LogP contribution is -2.19. The van der Waals surface area contributed by atoms with Crippen molar-refractivity contribution in [2.75, 3.05) is 4.90 Å². The molecule has 2 heteroatoms. The molecule has 1 aliphatic rings. The summed E-state index contributed by atoms with van der Waals surface area (Å²) >= 11 is 0. The Labute approximate surface area is 106 Å². The molecule has 0 fully saturated rings. The number of halogens is 1. The number of fused-ring (bicyclic) bond motifs is 1. The average Bonchev–Trinajstić information content (AvgIpc) is 2.78. The van der Waals surface area contributed by atoms with Gasteiger partial charge in [-0.3, -0.25) is 0 Å². The second kappa shape index (κ2) is 4.19. The molecule has 0 saturated heterocycles. The van der Waals surface area contributed by atoms with Crippen LogP contribution in [0.2, 0.25) is 0 Å². The van der Waals surface area contributed by atoms with Gasteiger partial charge in [0.15, 0.2) is 0 Å². The Morgan fingerprint density at radius 1 is 1.11 bits per heavy atom. The van der Waals surface area contributed by atoms with E-state index in [1.807, 2.05) is 12.1 Å². The van der Waals surface area contributed by atoms with Crippen LogP contribution in [0.4, 0.5) is 10.1 Å². The number of benzene rings is 2. The summed E-state index contributed by atoms with van der Waals surface area (Å²) in [5.41, 5.74) is 3.37. The Hall–Kier alpha value is -2.27. The fraction of sp³-hybridized carbons (Fsp3) is 0.125. The zero-order valence-electron chi connectivity index (χ0n) is 9.81. The molecule has 2 aromatic rings. The van der Waals surface area contributed by atoms with Crippen LogP contribution in [0.1, 0.15) is 17.2 Å². The fourth-order valence-corrected chi connectivity index (χ4v) is 2.44. The number of hydrogen-bond donors (Lipinski definition) is 0. The van der Waals surface area contributed by atoms with Crippen LogP contribution in [0.5, 0.6) is 0 Å². The molecule has 1 atom stereocenters. The van der Waals surface area contributed by atoms with Crippen LogP contribution in [-0.2, 0) is 6.54 Å². The summed E-state index contributed by atoms with van der Waals surface area (Å²) in [6.07, 6.45) is 5.64. The van der Waals surface area contributed by atoms with Gasteiger partial charge in [0, 0.05) is 12.2 Å². The SMILES string of the molecule is C#C[C@@H]1c2ccccc2CN1c1ccc(F)cc1. The molecule has 0 unspecified atom stereocenters. The lowest BCUT2D eigenvalue weighted by Gasteiger charge is -2.23. The van der Waals surface area contributed by atoms with Crippen molar-refractivity contribution in [1.82, 2.24) is 0 Å². The minimum absolute atomic E-state index is 0.0633. The molecule has 0 saturated carbocycles. The zero-order valence-corrected chi connectivity index (χ0v) is 9.81. The van der Waals surface area contributed by atoms with E-state index in [9.17, 15) is 4.39 Å². The molecule has 0 aromatic heterocycles. The third kappa shape index (κ3) is 1.65. The topological polar surface area (TPSA) is 3.24 Å². The normalized spacial score (nSPS) is 17.3. The Bertz CT molecular complexity index is 610. The standard InChI is InChI=1S/C16H12FN/c1-2-16-15-6-4-3-5-12(15)11-18(16)14-9-7-13(17)8-10-14/h1,3-10,16H,11H2/t16-/m1/s1. The number of nitrogens with zero attached hydrogens (tertiary/aromatic N) is 1. The molecule has 3 rings (SSSR count). The van der Waals surface area contributed by atoms with Crippen LogP contribution in [0, 0.1) is 18.2 Å². The summed E-state index contributed by atoms with van der Waals surface area (Å²) < 4.78 is 13.0. The van der Waals surface area contributed by atoms with E-state index in [-0.39, 0.29) is 11.9 Å². The van der Waals surface area contributed by atoms with E-state index in [1.54, 1.807) is 12.1 Å². The van der Waals surface area contributed by atoms with Crippen molar-refractivity contribution in [2.24, 2.45) is 0 Å². The number of hydrogen-bond acceptors (Lipinski definition) is 1. The first-order valence-electron chi connectivity index (χ1n) is 5.86. The summed E-state index contributed by atoms with van der Waals surface area (Å²) in [4.78, 5) is 2.12. The van der Waals surface area contributed by atoms with E-state index in [4.69, 9.17) is 6.42 Å². The van der Waals surface area contributed by atoms with Gasteiger partial charge in [-0.1, -0.05) is 30.2 Å². The summed E-state index contributed by atoms with van der Waals surface area (Å²) in [5.74, 6) is 2.59. The van der Waals surface area contributed by atoms with Crippen LogP contribution < -0.4 is 4.90 Å². The van der Waals surface area contributed by atoms with Crippen molar-refractivity contribution in [3.63, 3.8) is 0 Å². The summed E-state index contributed by atoms with van der Waals surface area (Å²) in [5, 5.41) is 0. The molecule has 18 heavy (non-hydrogen) atoms. The van der Waals surface area contributed by atoms with E-state index in [1.165, 1.54) is 23.3 Å². The highest BCUT2D eigenvalue weighted by Gasteiger charge is 2.28. The van der Waals surface area contributed by atoms with Gasteiger partial charge in [-0.25, -0.2) is 4.39 Å². The van der Waals surface area contributed by atoms with E-state index < -0.39 is 0 Å². The van der Waals surface area contributed by atoms with Crippen molar-refractivity contribution < 1.29 is 4.39 Å². The molecule has 0 amide bonds. The van der Waals surface area contributed by atoms with Crippen LogP contribution in [0.3, 0.4) is 0 Å². The number of anilines is 1. The average molecular weight is 237 g/mol. The summed E-state index contributed by atoms with van der Waals surface area (Å²) in [7, 11) is 0. The van der Waals surface area contributed by atoms with Gasteiger partial charge < -0.3 is 4.90 Å². The molecule has 0 bridgehead atoms. The third-order valence-electron chi connectivity index (χ3n) is 3.32. The van der Waals surface area contributed by atoms with E-state index in [0.717, 1.165) is 12.2 Å². The smallest absolute Gasteiger partial charge is 0.123 e. The van der Waals surface area contributed by atoms with Crippen LogP contribution >= 0.6 is 0 Å². The zero-order chi connectivity index (χ0) is 12.5. The van der Waals surface area contributed by atoms with E-state index >= 15 is 0 Å². The minimum Gasteiger partial charge on any atom is -0.349 e. The quantitative estimate of drug-likeness (QED) is 0.686. The molecule has 2 aromatic carbocycles. The predicted octanol–water partition coefficient (Wildman–Crippen LogP) is 3.52. The van der Waals surface area contributed by atoms with Gasteiger partial charge in [0.1, 0.15) is 11.9 Å². The van der Waals surface area contributed by atoms with Gasteiger partial charge >= 0.3 is 0 Å². The van der Waals surface area contributed by atoms with Crippen LogP contribution in [0.15, 0.2) is 48.5 Å². The van der Waals surface area contributed by atoms with Crippen molar-refractivity contribution in [1.29, 1.82) is 0 Å². The van der Waals surface area contributed by atoms with Gasteiger partial charge in [-0.15, -0.1) is 6.42 Å². The Morgan fingerprint density at radius 3 is 2.56 bits per heavy atom. The maximum absolute atomic E-state index is 13.0. The van der Waals surface area contributed by atoms with Crippen molar-refractivity contribution >= 4 is 5.69 Å². The second-order valence-corrected chi connectivity index (χ2v) is 4.37. The summed E-state index contributed by atoms with van der Waals surface area (Å²) in [6, 6.07) is 14.6. The molecule has 0 radical (unpaired) electrons. The Morgan fingerprint density at radius 2 is 1.83 bits per heavy atom. The molecule has 88 valence electrons. The van der Waals surface area contributed by atoms with Gasteiger partial charge in [0.05, 0.1) is 0 Å². The molecular formula is C16H12FN. The highest BCUT2D eigenvalue weighted by Crippen LogP contribution is 2.36. The number of rotatable bonds is 1. The lowest BCUT2D eigenvalue weighted by molar-refractivity contribution is 0.627. The maximum Gasteiger partial charge on any atom is 0.123 e. The maximum atomic E-state index is 13.0. The van der Waals surface area contributed by atoms with Crippen LogP contribution in [-0.4, -0.2) is 0 Å². The molecule has 1 nitrogen and oxygen atoms in total. The molecule has 0 spiro atoms. The minimum atomic E-state index is -0.229. The van der Waals surface area contributed by atoms with E-state index in [2.05, 4.69) is 23.0 Å². The van der Waals surface area contributed by atoms with Crippen LogP contribution in [0.25, 0.3) is 0 Å². The summed E-state index contributed by atoms with van der Waals surface area (Å²) in [6.45, 7) is 0.774. The highest BCUT2D eigenvalue weighted by atomic mass is 19.1. The first-order chi connectivity index (χ1) is 8.79. The predicted molar refractivity (Wildman–Crippen MR) is 70.6 cm³/mol. The number of terminal acetylenes is 1. The first kappa shape index (κ1) is 10.9. The highest BCUT2D eigenvalue weighted by molar-refractivity contribution is 5.57. The van der Waals surface area contributed by atoms with Crippen molar-refractivity contribution in [3.8, 4) is 12.3 Å². The Kier molecular flexibility index (Phi) is 2.53. The van der Waals surface area contributed by atoms with Crippen molar-refractivity contribution in [2.45, 2.75) is 12.6 Å². The van der Waals surface area contributed by atoms with E-state index in [0.29, 0.717) is 0 Å². The second-order valence-electron chi connectivity index (χ2n) is 4.37. The molecular weight excluding hydrogens is 225 g/mol. The van der Waals surface area contributed by atoms with Gasteiger partial charge in [0.2, 0.25) is 0 Å². The molecule has 0 N–H and O–H groups in total. The third-order valence-corrected chi connectivity index (χ3v) is 3.32. The fourth-order valence-electron chi connectivity index (χ4n) is 2.44. The molecule has 1 heterocycles. The largest absolute Gasteiger partial charge is 0.349 e. The van der Waals surface area contributed by atoms with Gasteiger partial charge in [-0.2, -0.15) is 0 Å².